The van der Waals surface area contributed by atoms with Crippen molar-refractivity contribution < 1.29 is 13.2 Å². The number of hydrogen-bond acceptors (Lipinski definition) is 2. The molecule has 1 unspecified atom stereocenters. The maximum absolute atomic E-state index is 13.0. The Morgan fingerprint density at radius 1 is 1.27 bits per heavy atom. The van der Waals surface area contributed by atoms with E-state index in [-0.39, 0.29) is 12.8 Å². The van der Waals surface area contributed by atoms with E-state index in [2.05, 4.69) is 5.32 Å². The van der Waals surface area contributed by atoms with Crippen LogP contribution in [0.5, 0.6) is 0 Å². The first kappa shape index (κ1) is 12.8. The molecule has 1 saturated heterocycles. The van der Waals surface area contributed by atoms with Crippen molar-refractivity contribution >= 4 is 0 Å². The predicted molar refractivity (Wildman–Crippen MR) is 53.8 cm³/mol. The number of alkyl halides is 3. The Balaban J connectivity index is 2.80. The second-order valence-electron chi connectivity index (χ2n) is 4.27. The molecule has 0 saturated carbocycles. The molecule has 90 valence electrons. The largest absolute Gasteiger partial charge is 0.406 e. The van der Waals surface area contributed by atoms with Gasteiger partial charge in [0, 0.05) is 0 Å². The van der Waals surface area contributed by atoms with E-state index in [9.17, 15) is 13.2 Å². The summed E-state index contributed by atoms with van der Waals surface area (Å²) in [6, 6.07) is 0. The summed E-state index contributed by atoms with van der Waals surface area (Å²) in [4.78, 5) is 1.96. The van der Waals surface area contributed by atoms with Gasteiger partial charge in [-0.15, -0.1) is 0 Å². The lowest BCUT2D eigenvalue weighted by atomic mass is 9.89. The average molecular weight is 224 g/mol. The van der Waals surface area contributed by atoms with Crippen LogP contribution in [0, 0.1) is 0 Å². The van der Waals surface area contributed by atoms with Gasteiger partial charge in [0.25, 0.3) is 0 Å². The molecule has 0 aliphatic carbocycles. The Hall–Kier alpha value is -0.290. The van der Waals surface area contributed by atoms with Crippen LogP contribution in [0.2, 0.25) is 0 Å². The summed E-state index contributed by atoms with van der Waals surface area (Å²) in [6.45, 7) is 3.35. The van der Waals surface area contributed by atoms with Crippen LogP contribution >= 0.6 is 0 Å². The Bertz CT molecular complexity index is 205. The summed E-state index contributed by atoms with van der Waals surface area (Å²) >= 11 is 0. The van der Waals surface area contributed by atoms with Gasteiger partial charge in [-0.3, -0.25) is 0 Å². The third kappa shape index (κ3) is 2.84. The summed E-state index contributed by atoms with van der Waals surface area (Å²) in [5.41, 5.74) is -1.66. The standard InChI is InChI=1S/C10H19F3N2/c1-3-14-9(10(11,12)13)5-4-7-15(2)8-6-9/h14H,3-8H2,1-2H3. The van der Waals surface area contributed by atoms with Crippen molar-refractivity contribution in [2.75, 3.05) is 26.7 Å². The summed E-state index contributed by atoms with van der Waals surface area (Å²) in [7, 11) is 1.87. The minimum absolute atomic E-state index is 0.154. The molecule has 5 heteroatoms. The summed E-state index contributed by atoms with van der Waals surface area (Å²) in [5.74, 6) is 0. The second kappa shape index (κ2) is 4.70. The molecular weight excluding hydrogens is 205 g/mol. The molecule has 15 heavy (non-hydrogen) atoms. The quantitative estimate of drug-likeness (QED) is 0.772. The van der Waals surface area contributed by atoms with Crippen LogP contribution in [0.15, 0.2) is 0 Å². The van der Waals surface area contributed by atoms with E-state index in [1.54, 1.807) is 6.92 Å². The SMILES string of the molecule is CCNC1(C(F)(F)F)CCCN(C)CC1. The maximum atomic E-state index is 13.0. The fourth-order valence-electron chi connectivity index (χ4n) is 2.17. The predicted octanol–water partition coefficient (Wildman–Crippen LogP) is 2.01. The average Bonchev–Trinajstić information content (AvgIpc) is 2.29. The molecule has 1 rings (SSSR count). The molecule has 1 heterocycles. The van der Waals surface area contributed by atoms with E-state index in [0.29, 0.717) is 19.5 Å². The van der Waals surface area contributed by atoms with Crippen LogP contribution in [0.25, 0.3) is 0 Å². The number of nitrogens with zero attached hydrogens (tertiary/aromatic N) is 1. The maximum Gasteiger partial charge on any atom is 0.406 e. The van der Waals surface area contributed by atoms with E-state index in [4.69, 9.17) is 0 Å². The number of hydrogen-bond donors (Lipinski definition) is 1. The van der Waals surface area contributed by atoms with Gasteiger partial charge in [-0.2, -0.15) is 13.2 Å². The fraction of sp³-hybridized carbons (Fsp3) is 1.00. The van der Waals surface area contributed by atoms with Gasteiger partial charge in [0.05, 0.1) is 0 Å². The Morgan fingerprint density at radius 2 is 1.93 bits per heavy atom. The third-order valence-electron chi connectivity index (χ3n) is 3.12. The summed E-state index contributed by atoms with van der Waals surface area (Å²) < 4.78 is 39.0. The van der Waals surface area contributed by atoms with Gasteiger partial charge in [0.1, 0.15) is 5.54 Å². The molecule has 2 nitrogen and oxygen atoms in total. The minimum atomic E-state index is -4.14. The van der Waals surface area contributed by atoms with Gasteiger partial charge < -0.3 is 10.2 Å². The molecule has 0 aromatic rings. The Morgan fingerprint density at radius 3 is 2.47 bits per heavy atom. The van der Waals surface area contributed by atoms with Crippen LogP contribution in [0.4, 0.5) is 13.2 Å². The first-order chi connectivity index (χ1) is 6.91. The first-order valence-corrected chi connectivity index (χ1v) is 5.41. The van der Waals surface area contributed by atoms with Crippen molar-refractivity contribution in [1.29, 1.82) is 0 Å². The highest BCUT2D eigenvalue weighted by Gasteiger charge is 2.53. The van der Waals surface area contributed by atoms with E-state index in [1.165, 1.54) is 0 Å². The van der Waals surface area contributed by atoms with Gasteiger partial charge >= 0.3 is 6.18 Å². The van der Waals surface area contributed by atoms with Crippen LogP contribution in [-0.4, -0.2) is 43.3 Å². The zero-order valence-corrected chi connectivity index (χ0v) is 9.32. The lowest BCUT2D eigenvalue weighted by Gasteiger charge is -2.35. The van der Waals surface area contributed by atoms with E-state index in [1.807, 2.05) is 11.9 Å². The first-order valence-electron chi connectivity index (χ1n) is 5.41. The molecule has 1 atom stereocenters. The van der Waals surface area contributed by atoms with E-state index in [0.717, 1.165) is 6.54 Å². The number of rotatable bonds is 2. The number of nitrogens with one attached hydrogen (secondary N) is 1. The van der Waals surface area contributed by atoms with Crippen molar-refractivity contribution in [3.63, 3.8) is 0 Å². The molecule has 1 aliphatic rings. The molecule has 0 aromatic carbocycles. The van der Waals surface area contributed by atoms with Gasteiger partial charge in [-0.25, -0.2) is 0 Å². The molecule has 0 radical (unpaired) electrons. The third-order valence-corrected chi connectivity index (χ3v) is 3.12. The topological polar surface area (TPSA) is 15.3 Å². The molecule has 1 aliphatic heterocycles. The molecular formula is C10H19F3N2. The molecule has 1 N–H and O–H groups in total. The minimum Gasteiger partial charge on any atom is -0.306 e. The van der Waals surface area contributed by atoms with Crippen molar-refractivity contribution in [1.82, 2.24) is 10.2 Å². The van der Waals surface area contributed by atoms with Crippen LogP contribution < -0.4 is 5.32 Å². The smallest absolute Gasteiger partial charge is 0.306 e. The van der Waals surface area contributed by atoms with Gasteiger partial charge in [-0.05, 0) is 45.9 Å². The zero-order valence-electron chi connectivity index (χ0n) is 9.32. The normalized spacial score (nSPS) is 30.2. The fourth-order valence-corrected chi connectivity index (χ4v) is 2.17. The molecule has 0 bridgehead atoms. The summed E-state index contributed by atoms with van der Waals surface area (Å²) in [6.07, 6.45) is -3.20. The van der Waals surface area contributed by atoms with E-state index >= 15 is 0 Å². The molecule has 1 fully saturated rings. The molecule has 0 spiro atoms. The molecule has 0 amide bonds. The second-order valence-corrected chi connectivity index (χ2v) is 4.27. The Kier molecular flexibility index (Phi) is 4.00. The summed E-state index contributed by atoms with van der Waals surface area (Å²) in [5, 5.41) is 2.65. The molecule has 0 aromatic heterocycles. The van der Waals surface area contributed by atoms with Crippen LogP contribution in [0.1, 0.15) is 26.2 Å². The van der Waals surface area contributed by atoms with Crippen LogP contribution in [0.3, 0.4) is 0 Å². The number of halogens is 3. The van der Waals surface area contributed by atoms with E-state index < -0.39 is 11.7 Å². The van der Waals surface area contributed by atoms with Crippen LogP contribution in [-0.2, 0) is 0 Å². The highest BCUT2D eigenvalue weighted by atomic mass is 19.4. The highest BCUT2D eigenvalue weighted by Crippen LogP contribution is 2.38. The Labute approximate surface area is 88.8 Å². The van der Waals surface area contributed by atoms with Crippen molar-refractivity contribution in [3.05, 3.63) is 0 Å². The lowest BCUT2D eigenvalue weighted by molar-refractivity contribution is -0.200. The van der Waals surface area contributed by atoms with Gasteiger partial charge in [-0.1, -0.05) is 6.92 Å². The lowest BCUT2D eigenvalue weighted by Crippen LogP contribution is -2.57. The monoisotopic (exact) mass is 224 g/mol. The zero-order chi connectivity index (χ0) is 11.5. The van der Waals surface area contributed by atoms with Crippen molar-refractivity contribution in [2.24, 2.45) is 0 Å². The highest BCUT2D eigenvalue weighted by molar-refractivity contribution is 4.97. The van der Waals surface area contributed by atoms with Gasteiger partial charge in [0.2, 0.25) is 0 Å². The number of likely N-dealkylation sites (tertiary alicyclic amines) is 1. The van der Waals surface area contributed by atoms with Crippen molar-refractivity contribution in [3.8, 4) is 0 Å². The van der Waals surface area contributed by atoms with Crippen molar-refractivity contribution in [2.45, 2.75) is 37.9 Å². The van der Waals surface area contributed by atoms with Gasteiger partial charge in [0.15, 0.2) is 0 Å².